The van der Waals surface area contributed by atoms with E-state index in [-0.39, 0.29) is 44.6 Å². The molecule has 0 saturated carbocycles. The van der Waals surface area contributed by atoms with E-state index in [9.17, 15) is 0 Å². The first kappa shape index (κ1) is 50.8. The summed E-state index contributed by atoms with van der Waals surface area (Å²) in [7, 11) is 0. The van der Waals surface area contributed by atoms with Crippen LogP contribution >= 0.6 is 0 Å². The fourth-order valence-corrected chi connectivity index (χ4v) is 14.6. The number of rotatable bonds is 5. The number of anilines is 9. The van der Waals surface area contributed by atoms with Crippen molar-refractivity contribution < 1.29 is 0 Å². The predicted molar refractivity (Wildman–Crippen MR) is 329 cm³/mol. The van der Waals surface area contributed by atoms with E-state index in [0.717, 1.165) is 17.8 Å². The molecule has 0 amide bonds. The van der Waals surface area contributed by atoms with Crippen molar-refractivity contribution in [3.05, 3.63) is 177 Å². The molecule has 2 aliphatic heterocycles. The number of para-hydroxylation sites is 2. The van der Waals surface area contributed by atoms with Crippen LogP contribution in [0.3, 0.4) is 0 Å². The van der Waals surface area contributed by atoms with Gasteiger partial charge in [0.1, 0.15) is 0 Å². The van der Waals surface area contributed by atoms with E-state index in [4.69, 9.17) is 0 Å². The van der Waals surface area contributed by atoms with Crippen LogP contribution in [0.5, 0.6) is 0 Å². The monoisotopic (exact) mass is 1000 g/mol. The van der Waals surface area contributed by atoms with E-state index in [1.165, 1.54) is 138 Å². The first-order chi connectivity index (χ1) is 35.6. The molecule has 0 bridgehead atoms. The Labute approximate surface area is 458 Å². The van der Waals surface area contributed by atoms with Crippen molar-refractivity contribution in [2.75, 3.05) is 14.7 Å². The van der Waals surface area contributed by atoms with Crippen molar-refractivity contribution in [1.29, 1.82) is 0 Å². The Morgan fingerprint density at radius 2 is 0.882 bits per heavy atom. The highest BCUT2D eigenvalue weighted by atomic mass is 15.2. The Balaban J connectivity index is 1.23. The molecule has 7 aromatic rings. The average molecular weight is 1000 g/mol. The number of benzene rings is 7. The quantitative estimate of drug-likeness (QED) is 0.159. The van der Waals surface area contributed by atoms with E-state index in [1.807, 2.05) is 0 Å². The van der Waals surface area contributed by atoms with Crippen molar-refractivity contribution in [2.45, 2.75) is 194 Å². The third-order valence-electron chi connectivity index (χ3n) is 20.0. The van der Waals surface area contributed by atoms with Crippen molar-refractivity contribution >= 4 is 74.3 Å². The number of hydrogen-bond donors (Lipinski definition) is 0. The molecule has 390 valence electrons. The average Bonchev–Trinajstić information content (AvgIpc) is 3.57. The lowest BCUT2D eigenvalue weighted by Gasteiger charge is -2.49. The Hall–Kier alpha value is -6.00. The van der Waals surface area contributed by atoms with Gasteiger partial charge in [-0.25, -0.2) is 0 Å². The zero-order valence-corrected chi connectivity index (χ0v) is 49.3. The topological polar surface area (TPSA) is 9.72 Å². The van der Waals surface area contributed by atoms with Gasteiger partial charge in [-0.1, -0.05) is 165 Å². The summed E-state index contributed by atoms with van der Waals surface area (Å²) in [4.78, 5) is 7.97. The standard InChI is InChI=1S/C72H84BN3/c1-45-23-21-22-26-59(45)74(48-24-19-18-20-25-48)50-28-30-57-61(41-50)76(60-43-55-52(37-46(60)2)68(8,9)33-35-71(55,14)15)64-39-47(66(3,4)5)38-63-65(64)73(57)58-42-54-56(72(16,17)36-34-70(54,12)13)44-62(58)75(63)49-27-29-51-53(40-49)69(10,11)32-31-67(51,6)7/h18-30,37-44H,31-36H2,1-17H3. The molecule has 0 fully saturated rings. The fourth-order valence-electron chi connectivity index (χ4n) is 14.6. The maximum Gasteiger partial charge on any atom is 0.252 e. The van der Waals surface area contributed by atoms with Gasteiger partial charge in [0, 0.05) is 51.2 Å². The van der Waals surface area contributed by atoms with Gasteiger partial charge in [-0.05, 0) is 223 Å². The molecule has 0 aromatic heterocycles. The highest BCUT2D eigenvalue weighted by Crippen LogP contribution is 2.55. The van der Waals surface area contributed by atoms with Crippen LogP contribution in [0, 0.1) is 13.8 Å². The van der Waals surface area contributed by atoms with Gasteiger partial charge in [0.2, 0.25) is 0 Å². The molecule has 0 N–H and O–H groups in total. The molecule has 76 heavy (non-hydrogen) atoms. The van der Waals surface area contributed by atoms with Crippen LogP contribution in [0.2, 0.25) is 0 Å². The molecule has 7 aromatic carbocycles. The van der Waals surface area contributed by atoms with Gasteiger partial charge in [0.15, 0.2) is 0 Å². The molecule has 3 nitrogen and oxygen atoms in total. The highest BCUT2D eigenvalue weighted by Gasteiger charge is 2.49. The lowest BCUT2D eigenvalue weighted by molar-refractivity contribution is 0.332. The van der Waals surface area contributed by atoms with E-state index in [1.54, 1.807) is 0 Å². The lowest BCUT2D eigenvalue weighted by atomic mass is 9.33. The zero-order valence-electron chi connectivity index (χ0n) is 49.3. The van der Waals surface area contributed by atoms with E-state index < -0.39 is 0 Å². The highest BCUT2D eigenvalue weighted by molar-refractivity contribution is 7.00. The van der Waals surface area contributed by atoms with Crippen LogP contribution < -0.4 is 31.1 Å². The summed E-state index contributed by atoms with van der Waals surface area (Å²) in [5.41, 5.74) is 28.5. The second kappa shape index (κ2) is 16.8. The number of nitrogens with zero attached hydrogens (tertiary/aromatic N) is 3. The molecule has 2 heterocycles. The maximum absolute atomic E-state index is 2.74. The van der Waals surface area contributed by atoms with Crippen molar-refractivity contribution in [1.82, 2.24) is 0 Å². The van der Waals surface area contributed by atoms with Gasteiger partial charge < -0.3 is 14.7 Å². The van der Waals surface area contributed by atoms with Crippen LogP contribution in [0.4, 0.5) is 51.2 Å². The molecular weight excluding hydrogens is 918 g/mol. The Bertz CT molecular complexity index is 3520. The molecule has 0 saturated heterocycles. The largest absolute Gasteiger partial charge is 0.311 e. The van der Waals surface area contributed by atoms with E-state index >= 15 is 0 Å². The van der Waals surface area contributed by atoms with Crippen molar-refractivity contribution in [3.8, 4) is 0 Å². The molecule has 0 atom stereocenters. The first-order valence-corrected chi connectivity index (χ1v) is 28.9. The molecule has 5 aliphatic rings. The van der Waals surface area contributed by atoms with Crippen LogP contribution in [0.15, 0.2) is 127 Å². The van der Waals surface area contributed by atoms with E-state index in [0.29, 0.717) is 0 Å². The van der Waals surface area contributed by atoms with Gasteiger partial charge in [-0.15, -0.1) is 0 Å². The lowest BCUT2D eigenvalue weighted by Crippen LogP contribution is -2.62. The van der Waals surface area contributed by atoms with Crippen LogP contribution in [0.1, 0.15) is 192 Å². The van der Waals surface area contributed by atoms with Gasteiger partial charge in [-0.2, -0.15) is 0 Å². The second-order valence-electron chi connectivity index (χ2n) is 29.2. The Morgan fingerprint density at radius 1 is 0.395 bits per heavy atom. The number of aryl methyl sites for hydroxylation is 2. The summed E-state index contributed by atoms with van der Waals surface area (Å²) in [6, 6.07) is 50.9. The van der Waals surface area contributed by atoms with Crippen molar-refractivity contribution in [3.63, 3.8) is 0 Å². The molecule has 12 rings (SSSR count). The van der Waals surface area contributed by atoms with Gasteiger partial charge in [0.05, 0.1) is 0 Å². The third-order valence-corrected chi connectivity index (χ3v) is 20.0. The minimum atomic E-state index is -0.142. The molecule has 0 unspecified atom stereocenters. The normalized spacial score (nSPS) is 19.6. The van der Waals surface area contributed by atoms with Crippen molar-refractivity contribution in [2.24, 2.45) is 0 Å². The summed E-state index contributed by atoms with van der Waals surface area (Å²) in [5.74, 6) is 0. The molecule has 3 aliphatic carbocycles. The van der Waals surface area contributed by atoms with Crippen LogP contribution in [0.25, 0.3) is 0 Å². The smallest absolute Gasteiger partial charge is 0.252 e. The summed E-state index contributed by atoms with van der Waals surface area (Å²) in [5, 5.41) is 0. The molecule has 4 heteroatoms. The van der Waals surface area contributed by atoms with Crippen LogP contribution in [-0.4, -0.2) is 6.71 Å². The Morgan fingerprint density at radius 3 is 1.46 bits per heavy atom. The summed E-state index contributed by atoms with van der Waals surface area (Å²) < 4.78 is 0. The summed E-state index contributed by atoms with van der Waals surface area (Å²) in [6.45, 7) is 41.7. The van der Waals surface area contributed by atoms with Gasteiger partial charge in [0.25, 0.3) is 6.71 Å². The minimum Gasteiger partial charge on any atom is -0.311 e. The SMILES string of the molecule is Cc1ccccc1N(c1ccccc1)c1ccc2c(c1)N(c1cc3c(cc1C)C(C)(C)CCC3(C)C)c1cc(C(C)(C)C)cc3c1B2c1cc2c(cc1N3c1ccc3c(c1)C(C)(C)CCC3(C)C)C(C)(C)CCC2(C)C. The van der Waals surface area contributed by atoms with Gasteiger partial charge >= 0.3 is 0 Å². The minimum absolute atomic E-state index is 0.0124. The first-order valence-electron chi connectivity index (χ1n) is 28.9. The van der Waals surface area contributed by atoms with Gasteiger partial charge in [-0.3, -0.25) is 0 Å². The molecular formula is C72H84BN3. The third kappa shape index (κ3) is 7.79. The second-order valence-corrected chi connectivity index (χ2v) is 29.2. The zero-order chi connectivity index (χ0) is 54.0. The summed E-state index contributed by atoms with van der Waals surface area (Å²) in [6.07, 6.45) is 7.05. The number of fused-ring (bicyclic) bond motifs is 7. The van der Waals surface area contributed by atoms with E-state index in [2.05, 4.69) is 260 Å². The maximum atomic E-state index is 2.74. The fraction of sp³-hybridized carbons (Fsp3) is 0.417. The molecule has 0 radical (unpaired) electrons. The summed E-state index contributed by atoms with van der Waals surface area (Å²) >= 11 is 0. The van der Waals surface area contributed by atoms with Crippen LogP contribution in [-0.2, 0) is 37.9 Å². The molecule has 0 spiro atoms. The predicted octanol–water partition coefficient (Wildman–Crippen LogP) is 18.2. The number of hydrogen-bond acceptors (Lipinski definition) is 3. The Kier molecular flexibility index (Phi) is 11.2.